The van der Waals surface area contributed by atoms with E-state index in [1.54, 1.807) is 0 Å². The monoisotopic (exact) mass is 298 g/mol. The van der Waals surface area contributed by atoms with Gasteiger partial charge in [-0.25, -0.2) is 0 Å². The Morgan fingerprint density at radius 3 is 2.67 bits per heavy atom. The maximum Gasteiger partial charge on any atom is 0.0617 e. The average molecular weight is 299 g/mol. The van der Waals surface area contributed by atoms with Gasteiger partial charge in [-0.1, -0.05) is 48.0 Å². The Balaban J connectivity index is 1.50. The molecule has 4 rings (SSSR count). The molecular weight excluding hydrogens is 280 g/mol. The SMILES string of the molecule is OC(Cc1ccc(Cl)cc1)C1C2CCc3ccccc3C21. The van der Waals surface area contributed by atoms with E-state index in [9.17, 15) is 5.11 Å². The summed E-state index contributed by atoms with van der Waals surface area (Å²) < 4.78 is 0. The molecule has 0 spiro atoms. The van der Waals surface area contributed by atoms with Crippen LogP contribution in [-0.2, 0) is 12.8 Å². The molecule has 1 N–H and O–H groups in total. The lowest BCUT2D eigenvalue weighted by Gasteiger charge is -2.13. The van der Waals surface area contributed by atoms with Gasteiger partial charge < -0.3 is 5.11 Å². The second-order valence-electron chi connectivity index (χ2n) is 6.40. The molecule has 2 aromatic carbocycles. The van der Waals surface area contributed by atoms with E-state index < -0.39 is 0 Å². The van der Waals surface area contributed by atoms with Crippen molar-refractivity contribution >= 4 is 11.6 Å². The normalized spacial score (nSPS) is 27.6. The Morgan fingerprint density at radius 1 is 1.10 bits per heavy atom. The highest BCUT2D eigenvalue weighted by molar-refractivity contribution is 6.30. The number of hydrogen-bond donors (Lipinski definition) is 1. The molecule has 1 saturated carbocycles. The van der Waals surface area contributed by atoms with Crippen molar-refractivity contribution in [3.63, 3.8) is 0 Å². The minimum absolute atomic E-state index is 0.243. The van der Waals surface area contributed by atoms with Crippen LogP contribution in [0, 0.1) is 11.8 Å². The van der Waals surface area contributed by atoms with Gasteiger partial charge in [-0.3, -0.25) is 0 Å². The van der Waals surface area contributed by atoms with E-state index >= 15 is 0 Å². The Labute approximate surface area is 130 Å². The van der Waals surface area contributed by atoms with Gasteiger partial charge in [-0.05, 0) is 65.8 Å². The molecule has 21 heavy (non-hydrogen) atoms. The minimum atomic E-state index is -0.243. The fraction of sp³-hybridized carbons (Fsp3) is 0.368. The van der Waals surface area contributed by atoms with Crippen LogP contribution in [0.1, 0.15) is 29.0 Å². The molecular formula is C19H19ClO. The molecule has 0 aromatic heterocycles. The number of aliphatic hydroxyl groups excluding tert-OH is 1. The van der Waals surface area contributed by atoms with Crippen molar-refractivity contribution < 1.29 is 5.11 Å². The van der Waals surface area contributed by atoms with Crippen molar-refractivity contribution in [3.8, 4) is 0 Å². The number of aryl methyl sites for hydroxylation is 1. The number of aliphatic hydroxyl groups is 1. The average Bonchev–Trinajstić information content (AvgIpc) is 3.25. The van der Waals surface area contributed by atoms with E-state index in [1.165, 1.54) is 29.5 Å². The van der Waals surface area contributed by atoms with Gasteiger partial charge in [-0.15, -0.1) is 0 Å². The first kappa shape index (κ1) is 13.4. The largest absolute Gasteiger partial charge is 0.392 e. The Bertz CT molecular complexity index is 649. The molecule has 108 valence electrons. The lowest BCUT2D eigenvalue weighted by molar-refractivity contribution is 0.143. The van der Waals surface area contributed by atoms with Crippen molar-refractivity contribution in [1.82, 2.24) is 0 Å². The third-order valence-electron chi connectivity index (χ3n) is 5.19. The third kappa shape index (κ3) is 2.39. The summed E-state index contributed by atoms with van der Waals surface area (Å²) in [5.41, 5.74) is 4.14. The molecule has 2 aliphatic rings. The third-order valence-corrected chi connectivity index (χ3v) is 5.45. The predicted octanol–water partition coefficient (Wildman–Crippen LogP) is 4.22. The van der Waals surface area contributed by atoms with Crippen LogP contribution in [0.4, 0.5) is 0 Å². The maximum atomic E-state index is 10.6. The Hall–Kier alpha value is -1.31. The van der Waals surface area contributed by atoms with Gasteiger partial charge in [0.15, 0.2) is 0 Å². The number of hydrogen-bond acceptors (Lipinski definition) is 1. The van der Waals surface area contributed by atoms with Crippen molar-refractivity contribution in [2.45, 2.75) is 31.3 Å². The summed E-state index contributed by atoms with van der Waals surface area (Å²) >= 11 is 5.92. The van der Waals surface area contributed by atoms with Gasteiger partial charge in [-0.2, -0.15) is 0 Å². The first-order valence-electron chi connectivity index (χ1n) is 7.74. The molecule has 0 bridgehead atoms. The highest BCUT2D eigenvalue weighted by atomic mass is 35.5. The van der Waals surface area contributed by atoms with Crippen LogP contribution in [-0.4, -0.2) is 11.2 Å². The smallest absolute Gasteiger partial charge is 0.0617 e. The summed E-state index contributed by atoms with van der Waals surface area (Å²) in [4.78, 5) is 0. The van der Waals surface area contributed by atoms with E-state index in [0.717, 1.165) is 11.4 Å². The van der Waals surface area contributed by atoms with Crippen molar-refractivity contribution in [2.24, 2.45) is 11.8 Å². The first-order valence-corrected chi connectivity index (χ1v) is 8.12. The lowest BCUT2D eigenvalue weighted by Crippen LogP contribution is -2.14. The van der Waals surface area contributed by atoms with Crippen LogP contribution < -0.4 is 0 Å². The molecule has 2 aliphatic carbocycles. The van der Waals surface area contributed by atoms with Gasteiger partial charge in [0.1, 0.15) is 0 Å². The molecule has 1 nitrogen and oxygen atoms in total. The molecule has 4 atom stereocenters. The van der Waals surface area contributed by atoms with Crippen LogP contribution >= 0.6 is 11.6 Å². The van der Waals surface area contributed by atoms with Crippen LogP contribution in [0.5, 0.6) is 0 Å². The van der Waals surface area contributed by atoms with Crippen molar-refractivity contribution in [3.05, 3.63) is 70.2 Å². The topological polar surface area (TPSA) is 20.2 Å². The number of rotatable bonds is 3. The highest BCUT2D eigenvalue weighted by Crippen LogP contribution is 2.61. The molecule has 0 radical (unpaired) electrons. The zero-order chi connectivity index (χ0) is 14.4. The number of benzene rings is 2. The van der Waals surface area contributed by atoms with Gasteiger partial charge in [0.25, 0.3) is 0 Å². The van der Waals surface area contributed by atoms with E-state index in [2.05, 4.69) is 24.3 Å². The van der Waals surface area contributed by atoms with Crippen LogP contribution in [0.3, 0.4) is 0 Å². The zero-order valence-corrected chi connectivity index (χ0v) is 12.6. The summed E-state index contributed by atoms with van der Waals surface area (Å²) in [5.74, 6) is 1.70. The second kappa shape index (κ2) is 5.15. The molecule has 4 unspecified atom stereocenters. The van der Waals surface area contributed by atoms with Gasteiger partial charge in [0.2, 0.25) is 0 Å². The van der Waals surface area contributed by atoms with E-state index in [1.807, 2.05) is 24.3 Å². The zero-order valence-electron chi connectivity index (χ0n) is 11.9. The quantitative estimate of drug-likeness (QED) is 0.899. The summed E-state index contributed by atoms with van der Waals surface area (Å²) in [6, 6.07) is 16.6. The van der Waals surface area contributed by atoms with Crippen molar-refractivity contribution in [2.75, 3.05) is 0 Å². The van der Waals surface area contributed by atoms with Gasteiger partial charge in [0, 0.05) is 5.02 Å². The summed E-state index contributed by atoms with van der Waals surface area (Å²) in [7, 11) is 0. The molecule has 0 saturated heterocycles. The number of halogens is 1. The van der Waals surface area contributed by atoms with Crippen LogP contribution in [0.25, 0.3) is 0 Å². The van der Waals surface area contributed by atoms with Crippen molar-refractivity contribution in [1.29, 1.82) is 0 Å². The predicted molar refractivity (Wildman–Crippen MR) is 85.6 cm³/mol. The molecule has 2 heteroatoms. The molecule has 0 heterocycles. The summed E-state index contributed by atoms with van der Waals surface area (Å²) in [5, 5.41) is 11.4. The standard InChI is InChI=1S/C19H19ClO/c20-14-8-5-12(6-9-14)11-17(21)19-16-10-7-13-3-1-2-4-15(13)18(16)19/h1-6,8-9,16-19,21H,7,10-11H2. The maximum absolute atomic E-state index is 10.6. The fourth-order valence-electron chi connectivity index (χ4n) is 4.14. The van der Waals surface area contributed by atoms with E-state index in [-0.39, 0.29) is 6.10 Å². The molecule has 0 aliphatic heterocycles. The van der Waals surface area contributed by atoms with Crippen LogP contribution in [0.15, 0.2) is 48.5 Å². The summed E-state index contributed by atoms with van der Waals surface area (Å²) in [6.45, 7) is 0. The van der Waals surface area contributed by atoms with E-state index in [4.69, 9.17) is 11.6 Å². The molecule has 0 amide bonds. The van der Waals surface area contributed by atoms with E-state index in [0.29, 0.717) is 17.8 Å². The van der Waals surface area contributed by atoms with Crippen LogP contribution in [0.2, 0.25) is 5.02 Å². The highest BCUT2D eigenvalue weighted by Gasteiger charge is 2.55. The first-order chi connectivity index (χ1) is 10.2. The Kier molecular flexibility index (Phi) is 3.28. The second-order valence-corrected chi connectivity index (χ2v) is 6.84. The minimum Gasteiger partial charge on any atom is -0.392 e. The lowest BCUT2D eigenvalue weighted by atomic mass is 9.92. The molecule has 1 fully saturated rings. The number of fused-ring (bicyclic) bond motifs is 3. The molecule has 2 aromatic rings. The van der Waals surface area contributed by atoms with Gasteiger partial charge in [0.05, 0.1) is 6.10 Å². The van der Waals surface area contributed by atoms with Gasteiger partial charge >= 0.3 is 0 Å². The fourth-order valence-corrected chi connectivity index (χ4v) is 4.27. The Morgan fingerprint density at radius 2 is 1.86 bits per heavy atom. The summed E-state index contributed by atoms with van der Waals surface area (Å²) in [6.07, 6.45) is 2.88.